The average molecular weight is 335 g/mol. The zero-order valence-corrected chi connectivity index (χ0v) is 12.6. The van der Waals surface area contributed by atoms with Crippen LogP contribution in [0.2, 0.25) is 0 Å². The predicted octanol–water partition coefficient (Wildman–Crippen LogP) is 3.27. The third kappa shape index (κ3) is 3.58. The molecule has 0 saturated heterocycles. The van der Waals surface area contributed by atoms with Gasteiger partial charge in [0.05, 0.1) is 18.4 Å². The van der Waals surface area contributed by atoms with Gasteiger partial charge in [-0.05, 0) is 42.5 Å². The summed E-state index contributed by atoms with van der Waals surface area (Å²) in [7, 11) is 0. The number of aryl methyl sites for hydroxylation is 1. The molecule has 0 saturated carbocycles. The summed E-state index contributed by atoms with van der Waals surface area (Å²) in [6, 6.07) is 4.88. The van der Waals surface area contributed by atoms with E-state index in [9.17, 15) is 13.6 Å². The molecule has 126 valence electrons. The first kappa shape index (κ1) is 16.1. The van der Waals surface area contributed by atoms with Crippen LogP contribution in [0.25, 0.3) is 0 Å². The Kier molecular flexibility index (Phi) is 4.54. The smallest absolute Gasteiger partial charge is 0.387 e. The second kappa shape index (κ2) is 6.77. The molecule has 1 unspecified atom stereocenters. The lowest BCUT2D eigenvalue weighted by Crippen LogP contribution is -2.18. The van der Waals surface area contributed by atoms with Gasteiger partial charge < -0.3 is 15.2 Å². The minimum atomic E-state index is -2.84. The van der Waals surface area contributed by atoms with Crippen LogP contribution < -0.4 is 10.1 Å². The largest absolute Gasteiger partial charge is 0.476 e. The number of halogens is 2. The van der Waals surface area contributed by atoms with Crippen molar-refractivity contribution < 1.29 is 23.4 Å². The number of nitrogens with one attached hydrogen (secondary N) is 1. The molecule has 1 heterocycles. The monoisotopic (exact) mass is 335 g/mol. The van der Waals surface area contributed by atoms with Crippen LogP contribution >= 0.6 is 0 Å². The molecule has 0 aliphatic heterocycles. The summed E-state index contributed by atoms with van der Waals surface area (Å²) in [5.41, 5.74) is 1.82. The summed E-state index contributed by atoms with van der Waals surface area (Å²) >= 11 is 0. The van der Waals surface area contributed by atoms with Crippen LogP contribution in [0.5, 0.6) is 5.75 Å². The van der Waals surface area contributed by atoms with Gasteiger partial charge >= 0.3 is 12.6 Å². The highest BCUT2D eigenvalue weighted by Gasteiger charge is 2.21. The lowest BCUT2D eigenvalue weighted by atomic mass is 9.87. The van der Waals surface area contributed by atoms with Gasteiger partial charge in [-0.1, -0.05) is 6.07 Å². The van der Waals surface area contributed by atoms with E-state index in [4.69, 9.17) is 5.11 Å². The minimum absolute atomic E-state index is 0.0423. The van der Waals surface area contributed by atoms with Crippen LogP contribution in [-0.4, -0.2) is 27.7 Å². The van der Waals surface area contributed by atoms with Gasteiger partial charge in [0.15, 0.2) is 5.69 Å². The number of rotatable bonds is 5. The first-order chi connectivity index (χ1) is 11.5. The summed E-state index contributed by atoms with van der Waals surface area (Å²) in [5.74, 6) is -0.524. The van der Waals surface area contributed by atoms with E-state index < -0.39 is 12.6 Å². The van der Waals surface area contributed by atoms with Gasteiger partial charge in [-0.25, -0.2) is 14.8 Å². The van der Waals surface area contributed by atoms with Gasteiger partial charge in [0.25, 0.3) is 0 Å². The van der Waals surface area contributed by atoms with Gasteiger partial charge in [0, 0.05) is 0 Å². The lowest BCUT2D eigenvalue weighted by molar-refractivity contribution is -0.0499. The summed E-state index contributed by atoms with van der Waals surface area (Å²) in [6.45, 7) is -2.84. The maximum absolute atomic E-state index is 12.3. The Morgan fingerprint density at radius 3 is 2.83 bits per heavy atom. The molecule has 2 aromatic rings. The molecule has 8 heteroatoms. The third-order valence-corrected chi connectivity index (χ3v) is 3.85. The number of alkyl halides is 2. The van der Waals surface area contributed by atoms with Crippen LogP contribution in [0.3, 0.4) is 0 Å². The first-order valence-corrected chi connectivity index (χ1v) is 7.42. The molecule has 0 amide bonds. The number of carbonyl (C=O) groups is 1. The molecular formula is C16H15F2N3O3. The van der Waals surface area contributed by atoms with Crippen molar-refractivity contribution >= 4 is 11.8 Å². The molecule has 0 fully saturated rings. The maximum Gasteiger partial charge on any atom is 0.387 e. The van der Waals surface area contributed by atoms with Crippen LogP contribution in [0.1, 0.15) is 40.5 Å². The van der Waals surface area contributed by atoms with Gasteiger partial charge in [0.2, 0.25) is 0 Å². The number of nitrogens with zero attached hydrogens (tertiary/aromatic N) is 2. The van der Waals surface area contributed by atoms with E-state index in [2.05, 4.69) is 20.0 Å². The Balaban J connectivity index is 1.78. The van der Waals surface area contributed by atoms with E-state index in [-0.39, 0.29) is 17.5 Å². The normalized spacial score (nSPS) is 16.5. The van der Waals surface area contributed by atoms with Crippen LogP contribution in [0.15, 0.2) is 30.6 Å². The van der Waals surface area contributed by atoms with Crippen LogP contribution in [-0.2, 0) is 6.42 Å². The zero-order chi connectivity index (χ0) is 17.1. The van der Waals surface area contributed by atoms with E-state index in [1.54, 1.807) is 12.1 Å². The molecule has 0 radical (unpaired) electrons. The average Bonchev–Trinajstić information content (AvgIpc) is 2.55. The highest BCUT2D eigenvalue weighted by molar-refractivity contribution is 5.84. The number of hydrogen-bond donors (Lipinski definition) is 2. The molecule has 1 aromatic heterocycles. The third-order valence-electron chi connectivity index (χ3n) is 3.85. The number of fused-ring (bicyclic) bond motifs is 1. The summed E-state index contributed by atoms with van der Waals surface area (Å²) in [5, 5.41) is 12.0. The lowest BCUT2D eigenvalue weighted by Gasteiger charge is -2.27. The molecule has 6 nitrogen and oxygen atoms in total. The quantitative estimate of drug-likeness (QED) is 0.872. The Labute approximate surface area is 136 Å². The highest BCUT2D eigenvalue weighted by atomic mass is 19.3. The second-order valence-electron chi connectivity index (χ2n) is 5.42. The summed E-state index contributed by atoms with van der Waals surface area (Å²) in [4.78, 5) is 18.7. The summed E-state index contributed by atoms with van der Waals surface area (Å²) in [6.07, 6.45) is 5.09. The van der Waals surface area contributed by atoms with E-state index >= 15 is 0 Å². The molecule has 0 bridgehead atoms. The molecule has 1 aromatic carbocycles. The van der Waals surface area contributed by atoms with Gasteiger partial charge in [-0.3, -0.25) is 0 Å². The number of benzene rings is 1. The number of carboxylic acids is 1. The van der Waals surface area contributed by atoms with Crippen molar-refractivity contribution in [3.8, 4) is 5.75 Å². The van der Waals surface area contributed by atoms with Crippen molar-refractivity contribution in [3.63, 3.8) is 0 Å². The van der Waals surface area contributed by atoms with Crippen molar-refractivity contribution in [2.45, 2.75) is 31.9 Å². The van der Waals surface area contributed by atoms with Gasteiger partial charge in [-0.2, -0.15) is 8.78 Å². The molecule has 2 N–H and O–H groups in total. The SMILES string of the molecule is O=C(O)c1cnc(NC2CCCc3cc(OC(F)F)ccc32)cn1. The number of ether oxygens (including phenoxy) is 1. The molecule has 0 spiro atoms. The molecule has 1 atom stereocenters. The Morgan fingerprint density at radius 1 is 1.33 bits per heavy atom. The number of anilines is 1. The number of carboxylic acid groups (broad SMARTS) is 1. The Hall–Kier alpha value is -2.77. The first-order valence-electron chi connectivity index (χ1n) is 7.42. The standard InChI is InChI=1S/C16H15F2N3O3/c17-16(18)24-10-4-5-11-9(6-10)2-1-3-12(11)21-14-8-19-13(7-20-14)15(22)23/h4-8,12,16H,1-3H2,(H,20,21)(H,22,23). The predicted molar refractivity (Wildman–Crippen MR) is 81.4 cm³/mol. The topological polar surface area (TPSA) is 84.3 Å². The van der Waals surface area contributed by atoms with Crippen molar-refractivity contribution in [1.82, 2.24) is 9.97 Å². The van der Waals surface area contributed by atoms with Gasteiger partial charge in [-0.15, -0.1) is 0 Å². The van der Waals surface area contributed by atoms with Crippen molar-refractivity contribution in [2.75, 3.05) is 5.32 Å². The van der Waals surface area contributed by atoms with Gasteiger partial charge in [0.1, 0.15) is 11.6 Å². The maximum atomic E-state index is 12.3. The van der Waals surface area contributed by atoms with Crippen LogP contribution in [0, 0.1) is 0 Å². The number of hydrogen-bond acceptors (Lipinski definition) is 5. The highest BCUT2D eigenvalue weighted by Crippen LogP contribution is 2.34. The molecule has 1 aliphatic carbocycles. The van der Waals surface area contributed by atoms with Crippen LogP contribution in [0.4, 0.5) is 14.6 Å². The fourth-order valence-corrected chi connectivity index (χ4v) is 2.81. The number of aromatic carboxylic acids is 1. The van der Waals surface area contributed by atoms with Crippen molar-refractivity contribution in [3.05, 3.63) is 47.4 Å². The molecular weight excluding hydrogens is 320 g/mol. The fourth-order valence-electron chi connectivity index (χ4n) is 2.81. The van der Waals surface area contributed by atoms with E-state index in [0.29, 0.717) is 5.82 Å². The molecule has 1 aliphatic rings. The molecule has 3 rings (SSSR count). The second-order valence-corrected chi connectivity index (χ2v) is 5.42. The summed E-state index contributed by atoms with van der Waals surface area (Å²) < 4.78 is 29.1. The van der Waals surface area contributed by atoms with E-state index in [1.807, 2.05) is 0 Å². The zero-order valence-electron chi connectivity index (χ0n) is 12.6. The van der Waals surface area contributed by atoms with Crippen molar-refractivity contribution in [1.29, 1.82) is 0 Å². The Bertz CT molecular complexity index is 738. The fraction of sp³-hybridized carbons (Fsp3) is 0.312. The van der Waals surface area contributed by atoms with Crippen molar-refractivity contribution in [2.24, 2.45) is 0 Å². The van der Waals surface area contributed by atoms with E-state index in [0.717, 1.165) is 30.4 Å². The van der Waals surface area contributed by atoms with E-state index in [1.165, 1.54) is 18.5 Å². The number of aromatic nitrogens is 2. The Morgan fingerprint density at radius 2 is 2.17 bits per heavy atom. The minimum Gasteiger partial charge on any atom is -0.476 e. The molecule has 24 heavy (non-hydrogen) atoms.